The lowest BCUT2D eigenvalue weighted by Crippen LogP contribution is -2.30. The van der Waals surface area contributed by atoms with Crippen molar-refractivity contribution in [1.29, 1.82) is 0 Å². The van der Waals surface area contributed by atoms with E-state index in [0.717, 1.165) is 0 Å². The van der Waals surface area contributed by atoms with Crippen LogP contribution in [0.5, 0.6) is 0 Å². The van der Waals surface area contributed by atoms with Crippen LogP contribution in [0.3, 0.4) is 0 Å². The van der Waals surface area contributed by atoms with Gasteiger partial charge in [-0.3, -0.25) is 9.78 Å². The molecule has 0 atom stereocenters. The molecule has 0 spiro atoms. The number of carbonyl (C=O) groups is 1. The molecule has 122 valence electrons. The molecule has 0 aliphatic rings. The number of carbonyl (C=O) groups excluding carboxylic acids is 1. The summed E-state index contributed by atoms with van der Waals surface area (Å²) in [5.74, 6) is -0.730. The van der Waals surface area contributed by atoms with Crippen molar-refractivity contribution >= 4 is 15.9 Å². The molecule has 1 aromatic carbocycles. The summed E-state index contributed by atoms with van der Waals surface area (Å²) in [6.07, 6.45) is 4.69. The maximum absolute atomic E-state index is 12.3. The minimum Gasteiger partial charge on any atom is -0.268 e. The van der Waals surface area contributed by atoms with Gasteiger partial charge in [0, 0.05) is 12.4 Å². The van der Waals surface area contributed by atoms with Gasteiger partial charge in [-0.05, 0) is 31.2 Å². The number of sulfonamides is 1. The second kappa shape index (κ2) is 6.25. The van der Waals surface area contributed by atoms with Crippen LogP contribution in [0.2, 0.25) is 0 Å². The lowest BCUT2D eigenvalue weighted by molar-refractivity contribution is 0.0981. The Morgan fingerprint density at radius 1 is 1.12 bits per heavy atom. The van der Waals surface area contributed by atoms with E-state index in [2.05, 4.69) is 14.8 Å². The van der Waals surface area contributed by atoms with Crippen LogP contribution in [0.15, 0.2) is 66.0 Å². The van der Waals surface area contributed by atoms with Crippen LogP contribution in [-0.2, 0) is 10.0 Å². The van der Waals surface area contributed by atoms with E-state index in [-0.39, 0.29) is 10.5 Å². The molecule has 1 N–H and O–H groups in total. The zero-order valence-electron chi connectivity index (χ0n) is 12.7. The van der Waals surface area contributed by atoms with Crippen molar-refractivity contribution in [2.75, 3.05) is 0 Å². The van der Waals surface area contributed by atoms with Gasteiger partial charge >= 0.3 is 0 Å². The van der Waals surface area contributed by atoms with E-state index in [4.69, 9.17) is 0 Å². The molecule has 0 aliphatic carbocycles. The van der Waals surface area contributed by atoms with Crippen molar-refractivity contribution in [2.45, 2.75) is 11.8 Å². The standard InChI is InChI=1S/C16H14N4O3S/c1-12-15(11-20(18-12)13-6-5-9-17-10-13)16(21)19-24(22,23)14-7-3-2-4-8-14/h2-11H,1H3,(H,19,21). The molecule has 1 amide bonds. The molecule has 2 aromatic heterocycles. The minimum absolute atomic E-state index is 0.0238. The number of amides is 1. The quantitative estimate of drug-likeness (QED) is 0.779. The minimum atomic E-state index is -3.93. The van der Waals surface area contributed by atoms with Crippen molar-refractivity contribution in [1.82, 2.24) is 19.5 Å². The van der Waals surface area contributed by atoms with E-state index in [1.807, 2.05) is 0 Å². The number of nitrogens with zero attached hydrogens (tertiary/aromatic N) is 3. The Kier molecular flexibility index (Phi) is 4.13. The lowest BCUT2D eigenvalue weighted by atomic mass is 10.2. The fourth-order valence-electron chi connectivity index (χ4n) is 2.14. The Bertz CT molecular complexity index is 967. The second-order valence-corrected chi connectivity index (χ2v) is 6.71. The number of hydrogen-bond acceptors (Lipinski definition) is 5. The molecule has 3 aromatic rings. The molecule has 24 heavy (non-hydrogen) atoms. The van der Waals surface area contributed by atoms with Gasteiger partial charge in [0.15, 0.2) is 0 Å². The number of rotatable bonds is 4. The Balaban J connectivity index is 1.88. The van der Waals surface area contributed by atoms with Crippen LogP contribution in [0, 0.1) is 6.92 Å². The molecule has 3 rings (SSSR count). The summed E-state index contributed by atoms with van der Waals surface area (Å²) in [6.45, 7) is 1.64. The van der Waals surface area contributed by atoms with Crippen LogP contribution >= 0.6 is 0 Å². The molecule has 0 saturated heterocycles. The van der Waals surface area contributed by atoms with Gasteiger partial charge in [0.25, 0.3) is 15.9 Å². The summed E-state index contributed by atoms with van der Waals surface area (Å²) in [6, 6.07) is 11.2. The molecule has 0 fully saturated rings. The third-order valence-electron chi connectivity index (χ3n) is 3.33. The third-order valence-corrected chi connectivity index (χ3v) is 4.68. The van der Waals surface area contributed by atoms with Gasteiger partial charge in [-0.15, -0.1) is 0 Å². The van der Waals surface area contributed by atoms with Gasteiger partial charge < -0.3 is 0 Å². The molecule has 7 nitrogen and oxygen atoms in total. The molecule has 8 heteroatoms. The summed E-state index contributed by atoms with van der Waals surface area (Å²) in [7, 11) is -3.93. The molecule has 0 aliphatic heterocycles. The molecular weight excluding hydrogens is 328 g/mol. The first-order valence-corrected chi connectivity index (χ1v) is 8.54. The first kappa shape index (κ1) is 15.9. The van der Waals surface area contributed by atoms with Gasteiger partial charge in [0.1, 0.15) is 0 Å². The predicted octanol–water partition coefficient (Wildman–Crippen LogP) is 1.69. The summed E-state index contributed by atoms with van der Waals surface area (Å²) in [5.41, 5.74) is 1.27. The highest BCUT2D eigenvalue weighted by atomic mass is 32.2. The lowest BCUT2D eigenvalue weighted by Gasteiger charge is -2.05. The van der Waals surface area contributed by atoms with Gasteiger partial charge in [0.2, 0.25) is 0 Å². The van der Waals surface area contributed by atoms with E-state index in [1.165, 1.54) is 23.0 Å². The Morgan fingerprint density at radius 2 is 1.88 bits per heavy atom. The zero-order chi connectivity index (χ0) is 17.2. The molecule has 0 radical (unpaired) electrons. The third kappa shape index (κ3) is 3.18. The first-order chi connectivity index (χ1) is 11.5. The summed E-state index contributed by atoms with van der Waals surface area (Å²) in [5, 5.41) is 4.23. The average molecular weight is 342 g/mol. The first-order valence-electron chi connectivity index (χ1n) is 7.06. The van der Waals surface area contributed by atoms with Crippen LogP contribution < -0.4 is 4.72 Å². The van der Waals surface area contributed by atoms with Crippen LogP contribution in [-0.4, -0.2) is 29.1 Å². The molecular formula is C16H14N4O3S. The smallest absolute Gasteiger partial charge is 0.268 e. The molecule has 0 saturated carbocycles. The van der Waals surface area contributed by atoms with E-state index in [1.54, 1.807) is 49.6 Å². The van der Waals surface area contributed by atoms with Crippen molar-refractivity contribution in [3.8, 4) is 5.69 Å². The monoisotopic (exact) mass is 342 g/mol. The zero-order valence-corrected chi connectivity index (χ0v) is 13.6. The van der Waals surface area contributed by atoms with Crippen LogP contribution in [0.4, 0.5) is 0 Å². The normalized spacial score (nSPS) is 11.2. The number of aromatic nitrogens is 3. The number of nitrogens with one attached hydrogen (secondary N) is 1. The van der Waals surface area contributed by atoms with Gasteiger partial charge in [0.05, 0.1) is 28.0 Å². The number of benzene rings is 1. The van der Waals surface area contributed by atoms with Crippen LogP contribution in [0.1, 0.15) is 16.1 Å². The highest BCUT2D eigenvalue weighted by Crippen LogP contribution is 2.13. The van der Waals surface area contributed by atoms with Crippen molar-refractivity contribution < 1.29 is 13.2 Å². The maximum Gasteiger partial charge on any atom is 0.268 e. The van der Waals surface area contributed by atoms with Crippen molar-refractivity contribution in [3.05, 3.63) is 72.3 Å². The summed E-state index contributed by atoms with van der Waals surface area (Å²) in [4.78, 5) is 16.4. The van der Waals surface area contributed by atoms with Crippen molar-refractivity contribution in [3.63, 3.8) is 0 Å². The summed E-state index contributed by atoms with van der Waals surface area (Å²) >= 11 is 0. The van der Waals surface area contributed by atoms with Crippen LogP contribution in [0.25, 0.3) is 5.69 Å². The largest absolute Gasteiger partial charge is 0.268 e. The van der Waals surface area contributed by atoms with Gasteiger partial charge in [-0.2, -0.15) is 5.10 Å². The van der Waals surface area contributed by atoms with E-state index >= 15 is 0 Å². The van der Waals surface area contributed by atoms with Gasteiger partial charge in [-0.1, -0.05) is 18.2 Å². The SMILES string of the molecule is Cc1nn(-c2cccnc2)cc1C(=O)NS(=O)(=O)c1ccccc1. The van der Waals surface area contributed by atoms with Crippen molar-refractivity contribution in [2.24, 2.45) is 0 Å². The fourth-order valence-corrected chi connectivity index (χ4v) is 3.13. The predicted molar refractivity (Wildman–Crippen MR) is 87.2 cm³/mol. The molecule has 2 heterocycles. The van der Waals surface area contributed by atoms with E-state index in [0.29, 0.717) is 11.4 Å². The Labute approximate surface area is 139 Å². The summed E-state index contributed by atoms with van der Waals surface area (Å²) < 4.78 is 28.0. The topological polar surface area (TPSA) is 93.9 Å². The van der Waals surface area contributed by atoms with E-state index in [9.17, 15) is 13.2 Å². The Morgan fingerprint density at radius 3 is 2.54 bits per heavy atom. The highest BCUT2D eigenvalue weighted by molar-refractivity contribution is 7.90. The number of aryl methyl sites for hydroxylation is 1. The molecule has 0 bridgehead atoms. The maximum atomic E-state index is 12.3. The van der Waals surface area contributed by atoms with Gasteiger partial charge in [-0.25, -0.2) is 17.8 Å². The molecule has 0 unspecified atom stereocenters. The number of pyridine rings is 1. The van der Waals surface area contributed by atoms with E-state index < -0.39 is 15.9 Å². The second-order valence-electron chi connectivity index (χ2n) is 5.03. The number of hydrogen-bond donors (Lipinski definition) is 1. The average Bonchev–Trinajstić information content (AvgIpc) is 2.98. The fraction of sp³-hybridized carbons (Fsp3) is 0.0625. The highest BCUT2D eigenvalue weighted by Gasteiger charge is 2.21. The Hall–Kier alpha value is -3.00.